The van der Waals surface area contributed by atoms with E-state index in [0.717, 1.165) is 19.5 Å². The Morgan fingerprint density at radius 1 is 1.62 bits per heavy atom. The Kier molecular flexibility index (Phi) is 3.69. The van der Waals surface area contributed by atoms with Crippen molar-refractivity contribution in [3.05, 3.63) is 0 Å². The molecule has 4 heteroatoms. The third kappa shape index (κ3) is 2.67. The van der Waals surface area contributed by atoms with E-state index in [-0.39, 0.29) is 12.1 Å². The fourth-order valence-corrected chi connectivity index (χ4v) is 1.54. The lowest BCUT2D eigenvalue weighted by Crippen LogP contribution is -2.40. The van der Waals surface area contributed by atoms with Gasteiger partial charge in [0.2, 0.25) is 5.91 Å². The van der Waals surface area contributed by atoms with E-state index in [4.69, 9.17) is 0 Å². The molecule has 0 radical (unpaired) electrons. The summed E-state index contributed by atoms with van der Waals surface area (Å²) >= 11 is 0. The zero-order valence-electron chi connectivity index (χ0n) is 8.71. The largest absolute Gasteiger partial charge is 0.325 e. The quantitative estimate of drug-likeness (QED) is 0.654. The SMILES string of the molecule is CCC1NCC(=O)N1CCN(C)C. The minimum atomic E-state index is 0.230. The first-order valence-electron chi connectivity index (χ1n) is 4.82. The molecule has 1 amide bonds. The average Bonchev–Trinajstić information content (AvgIpc) is 2.43. The first-order chi connectivity index (χ1) is 6.15. The van der Waals surface area contributed by atoms with Gasteiger partial charge in [-0.05, 0) is 20.5 Å². The first kappa shape index (κ1) is 10.5. The van der Waals surface area contributed by atoms with Gasteiger partial charge < -0.3 is 9.80 Å². The van der Waals surface area contributed by atoms with Gasteiger partial charge in [0.25, 0.3) is 0 Å². The predicted octanol–water partition coefficient (Wildman–Crippen LogP) is -0.284. The maximum atomic E-state index is 11.4. The van der Waals surface area contributed by atoms with Gasteiger partial charge in [0.1, 0.15) is 0 Å². The van der Waals surface area contributed by atoms with Gasteiger partial charge in [-0.25, -0.2) is 0 Å². The van der Waals surface area contributed by atoms with Gasteiger partial charge in [0.05, 0.1) is 12.7 Å². The Morgan fingerprint density at radius 3 is 2.85 bits per heavy atom. The van der Waals surface area contributed by atoms with Crippen molar-refractivity contribution in [3.63, 3.8) is 0 Å². The molecule has 0 aromatic heterocycles. The number of hydrogen-bond donors (Lipinski definition) is 1. The maximum Gasteiger partial charge on any atom is 0.237 e. The second kappa shape index (κ2) is 4.58. The second-order valence-electron chi connectivity index (χ2n) is 3.70. The van der Waals surface area contributed by atoms with E-state index >= 15 is 0 Å². The Bertz CT molecular complexity index is 182. The van der Waals surface area contributed by atoms with E-state index < -0.39 is 0 Å². The molecule has 0 bridgehead atoms. The highest BCUT2D eigenvalue weighted by molar-refractivity contribution is 5.80. The standard InChI is InChI=1S/C9H19N3O/c1-4-8-10-7-9(13)12(8)6-5-11(2)3/h8,10H,4-7H2,1-3H3. The highest BCUT2D eigenvalue weighted by atomic mass is 16.2. The number of nitrogens with zero attached hydrogens (tertiary/aromatic N) is 2. The van der Waals surface area contributed by atoms with E-state index in [9.17, 15) is 4.79 Å². The molecule has 1 rings (SSSR count). The summed E-state index contributed by atoms with van der Waals surface area (Å²) in [5.41, 5.74) is 0. The number of hydrogen-bond acceptors (Lipinski definition) is 3. The van der Waals surface area contributed by atoms with E-state index in [2.05, 4.69) is 17.1 Å². The minimum absolute atomic E-state index is 0.230. The van der Waals surface area contributed by atoms with Crippen molar-refractivity contribution in [3.8, 4) is 0 Å². The summed E-state index contributed by atoms with van der Waals surface area (Å²) in [6, 6.07) is 0. The molecule has 1 aliphatic heterocycles. The molecule has 1 heterocycles. The summed E-state index contributed by atoms with van der Waals surface area (Å²) < 4.78 is 0. The smallest absolute Gasteiger partial charge is 0.237 e. The predicted molar refractivity (Wildman–Crippen MR) is 52.3 cm³/mol. The summed E-state index contributed by atoms with van der Waals surface area (Å²) in [5.74, 6) is 0.230. The average molecular weight is 185 g/mol. The fraction of sp³-hybridized carbons (Fsp3) is 0.889. The van der Waals surface area contributed by atoms with Gasteiger partial charge in [0, 0.05) is 13.1 Å². The maximum absolute atomic E-state index is 11.4. The molecule has 0 aliphatic carbocycles. The van der Waals surface area contributed by atoms with Crippen LogP contribution in [0.1, 0.15) is 13.3 Å². The molecule has 1 atom stereocenters. The fourth-order valence-electron chi connectivity index (χ4n) is 1.54. The minimum Gasteiger partial charge on any atom is -0.325 e. The van der Waals surface area contributed by atoms with Crippen LogP contribution >= 0.6 is 0 Å². The van der Waals surface area contributed by atoms with Crippen molar-refractivity contribution in [1.82, 2.24) is 15.1 Å². The number of likely N-dealkylation sites (N-methyl/N-ethyl adjacent to an activating group) is 1. The molecule has 76 valence electrons. The van der Waals surface area contributed by atoms with Crippen molar-refractivity contribution in [1.29, 1.82) is 0 Å². The Hall–Kier alpha value is -0.610. The van der Waals surface area contributed by atoms with Gasteiger partial charge in [-0.2, -0.15) is 0 Å². The molecule has 0 spiro atoms. The van der Waals surface area contributed by atoms with Gasteiger partial charge in [-0.3, -0.25) is 10.1 Å². The van der Waals surface area contributed by atoms with Gasteiger partial charge in [0.15, 0.2) is 0 Å². The molecule has 1 unspecified atom stereocenters. The normalized spacial score (nSPS) is 23.2. The summed E-state index contributed by atoms with van der Waals surface area (Å²) in [6.45, 7) is 4.37. The number of amides is 1. The van der Waals surface area contributed by atoms with Crippen LogP contribution in [0.15, 0.2) is 0 Å². The lowest BCUT2D eigenvalue weighted by Gasteiger charge is -2.24. The van der Waals surface area contributed by atoms with Crippen molar-refractivity contribution >= 4 is 5.91 Å². The Morgan fingerprint density at radius 2 is 2.31 bits per heavy atom. The topological polar surface area (TPSA) is 35.6 Å². The molecule has 1 aliphatic rings. The van der Waals surface area contributed by atoms with Crippen LogP contribution in [0.5, 0.6) is 0 Å². The highest BCUT2D eigenvalue weighted by Crippen LogP contribution is 2.07. The van der Waals surface area contributed by atoms with Gasteiger partial charge in [-0.1, -0.05) is 6.92 Å². The molecule has 0 aromatic rings. The summed E-state index contributed by atoms with van der Waals surface area (Å²) in [7, 11) is 4.05. The number of nitrogens with one attached hydrogen (secondary N) is 1. The number of carbonyl (C=O) groups excluding carboxylic acids is 1. The van der Waals surface area contributed by atoms with Crippen LogP contribution in [0.4, 0.5) is 0 Å². The van der Waals surface area contributed by atoms with E-state index in [1.807, 2.05) is 19.0 Å². The lowest BCUT2D eigenvalue weighted by atomic mass is 10.3. The molecule has 1 fully saturated rings. The Labute approximate surface area is 79.9 Å². The first-order valence-corrected chi connectivity index (χ1v) is 4.82. The zero-order valence-corrected chi connectivity index (χ0v) is 8.71. The van der Waals surface area contributed by atoms with Crippen LogP contribution in [0.2, 0.25) is 0 Å². The number of rotatable bonds is 4. The highest BCUT2D eigenvalue weighted by Gasteiger charge is 2.28. The Balaban J connectivity index is 2.40. The second-order valence-corrected chi connectivity index (χ2v) is 3.70. The lowest BCUT2D eigenvalue weighted by molar-refractivity contribution is -0.128. The third-order valence-electron chi connectivity index (χ3n) is 2.36. The van der Waals surface area contributed by atoms with Crippen molar-refractivity contribution < 1.29 is 4.79 Å². The summed E-state index contributed by atoms with van der Waals surface area (Å²) in [5, 5.41) is 3.19. The van der Waals surface area contributed by atoms with Crippen LogP contribution < -0.4 is 5.32 Å². The van der Waals surface area contributed by atoms with Crippen LogP contribution in [0, 0.1) is 0 Å². The summed E-state index contributed by atoms with van der Waals surface area (Å²) in [6.07, 6.45) is 1.24. The molecule has 4 nitrogen and oxygen atoms in total. The van der Waals surface area contributed by atoms with Crippen LogP contribution in [-0.2, 0) is 4.79 Å². The van der Waals surface area contributed by atoms with Crippen molar-refractivity contribution in [2.24, 2.45) is 0 Å². The van der Waals surface area contributed by atoms with E-state index in [0.29, 0.717) is 6.54 Å². The molecule has 1 saturated heterocycles. The van der Waals surface area contributed by atoms with E-state index in [1.165, 1.54) is 0 Å². The molecule has 1 N–H and O–H groups in total. The summed E-state index contributed by atoms with van der Waals surface area (Å²) in [4.78, 5) is 15.4. The molecule has 0 saturated carbocycles. The molecule has 0 aromatic carbocycles. The van der Waals surface area contributed by atoms with Crippen LogP contribution in [0.25, 0.3) is 0 Å². The number of carbonyl (C=O) groups is 1. The van der Waals surface area contributed by atoms with Crippen LogP contribution in [0.3, 0.4) is 0 Å². The molecular weight excluding hydrogens is 166 g/mol. The molecule has 13 heavy (non-hydrogen) atoms. The van der Waals surface area contributed by atoms with Gasteiger partial charge >= 0.3 is 0 Å². The monoisotopic (exact) mass is 185 g/mol. The van der Waals surface area contributed by atoms with Crippen molar-refractivity contribution in [2.45, 2.75) is 19.5 Å². The third-order valence-corrected chi connectivity index (χ3v) is 2.36. The van der Waals surface area contributed by atoms with Crippen LogP contribution in [-0.4, -0.2) is 55.6 Å². The van der Waals surface area contributed by atoms with Gasteiger partial charge in [-0.15, -0.1) is 0 Å². The van der Waals surface area contributed by atoms with Crippen molar-refractivity contribution in [2.75, 3.05) is 33.7 Å². The van der Waals surface area contributed by atoms with E-state index in [1.54, 1.807) is 0 Å². The molecular formula is C9H19N3O. The zero-order chi connectivity index (χ0) is 9.84.